The van der Waals surface area contributed by atoms with Crippen LogP contribution in [0.1, 0.15) is 25.3 Å². The average Bonchev–Trinajstić information content (AvgIpc) is 2.80. The highest BCUT2D eigenvalue weighted by molar-refractivity contribution is 7.89. The Kier molecular flexibility index (Phi) is 7.22. The fourth-order valence-corrected chi connectivity index (χ4v) is 6.19. The number of sulfonamides is 1. The van der Waals surface area contributed by atoms with E-state index in [1.807, 2.05) is 0 Å². The number of rotatable bonds is 6. The Balaban J connectivity index is 1.41. The zero-order valence-electron chi connectivity index (χ0n) is 19.1. The lowest BCUT2D eigenvalue weighted by Crippen LogP contribution is -2.47. The van der Waals surface area contributed by atoms with E-state index in [9.17, 15) is 18.0 Å². The molecule has 182 valence electrons. The van der Waals surface area contributed by atoms with Crippen LogP contribution in [0.15, 0.2) is 17.0 Å². The van der Waals surface area contributed by atoms with E-state index < -0.39 is 16.1 Å². The Bertz CT molecular complexity index is 1010. The summed E-state index contributed by atoms with van der Waals surface area (Å²) in [4.78, 5) is 27.0. The summed E-state index contributed by atoms with van der Waals surface area (Å²) in [7, 11) is -3.82. The lowest BCUT2D eigenvalue weighted by molar-refractivity contribution is -0.126. The maximum Gasteiger partial charge on any atom is 0.265 e. The molecule has 0 saturated carbocycles. The summed E-state index contributed by atoms with van der Waals surface area (Å²) in [5, 5.41) is 5.71. The number of nitrogens with zero attached hydrogens (tertiary/aromatic N) is 2. The monoisotopic (exact) mass is 480 g/mol. The molecule has 0 spiro atoms. The predicted octanol–water partition coefficient (Wildman–Crippen LogP) is 0.564. The summed E-state index contributed by atoms with van der Waals surface area (Å²) >= 11 is 0. The molecule has 0 radical (unpaired) electrons. The fourth-order valence-electron chi connectivity index (χ4n) is 4.44. The maximum absolute atomic E-state index is 13.5. The van der Waals surface area contributed by atoms with Gasteiger partial charge in [0.05, 0.1) is 29.7 Å². The lowest BCUT2D eigenvalue weighted by Gasteiger charge is -2.32. The van der Waals surface area contributed by atoms with Gasteiger partial charge in [-0.1, -0.05) is 0 Å². The topological polar surface area (TPSA) is 117 Å². The molecule has 0 aliphatic carbocycles. The molecule has 0 unspecified atom stereocenters. The quantitative estimate of drug-likeness (QED) is 0.611. The van der Waals surface area contributed by atoms with Gasteiger partial charge in [0, 0.05) is 45.3 Å². The Morgan fingerprint density at radius 2 is 2.00 bits per heavy atom. The van der Waals surface area contributed by atoms with Gasteiger partial charge in [-0.15, -0.1) is 0 Å². The van der Waals surface area contributed by atoms with Crippen molar-refractivity contribution in [2.75, 3.05) is 57.8 Å². The zero-order valence-corrected chi connectivity index (χ0v) is 19.9. The number of hydrogen-bond donors (Lipinski definition) is 2. The smallest absolute Gasteiger partial charge is 0.265 e. The van der Waals surface area contributed by atoms with Gasteiger partial charge in [0.1, 0.15) is 5.75 Å². The van der Waals surface area contributed by atoms with Gasteiger partial charge in [0.2, 0.25) is 15.9 Å². The summed E-state index contributed by atoms with van der Waals surface area (Å²) in [6.45, 7) is 8.25. The van der Waals surface area contributed by atoms with Crippen molar-refractivity contribution in [1.82, 2.24) is 14.5 Å². The molecule has 3 aliphatic rings. The van der Waals surface area contributed by atoms with Crippen molar-refractivity contribution in [2.45, 2.75) is 37.7 Å². The molecule has 2 atom stereocenters. The standard InChI is InChI=1S/C22H32N4O6S/c1-15-12-18-19(32-16(2)21(27)24-18)13-20(15)33(29,30)26-6-3-4-17(14-26)22(28)23-5-7-25-8-10-31-11-9-25/h12-13,16-17H,3-11,14H2,1-2H3,(H,23,28)(H,24,27)/t16-,17-/m1/s1. The van der Waals surface area contributed by atoms with Gasteiger partial charge in [-0.05, 0) is 38.3 Å². The zero-order chi connectivity index (χ0) is 23.6. The molecule has 2 amide bonds. The van der Waals surface area contributed by atoms with Crippen LogP contribution in [0.2, 0.25) is 0 Å². The normalized spacial score (nSPS) is 24.5. The summed E-state index contributed by atoms with van der Waals surface area (Å²) in [6, 6.07) is 3.09. The number of carbonyl (C=O) groups is 2. The van der Waals surface area contributed by atoms with E-state index >= 15 is 0 Å². The molecule has 3 aliphatic heterocycles. The van der Waals surface area contributed by atoms with E-state index in [2.05, 4.69) is 15.5 Å². The number of carbonyl (C=O) groups excluding carboxylic acids is 2. The first-order chi connectivity index (χ1) is 15.8. The van der Waals surface area contributed by atoms with Crippen molar-refractivity contribution in [3.8, 4) is 5.75 Å². The van der Waals surface area contributed by atoms with Gasteiger partial charge >= 0.3 is 0 Å². The number of hydrogen-bond acceptors (Lipinski definition) is 7. The summed E-state index contributed by atoms with van der Waals surface area (Å²) in [5.41, 5.74) is 0.981. The second kappa shape index (κ2) is 9.96. The average molecular weight is 481 g/mol. The summed E-state index contributed by atoms with van der Waals surface area (Å²) in [6.07, 6.45) is 0.579. The minimum Gasteiger partial charge on any atom is -0.479 e. The second-order valence-electron chi connectivity index (χ2n) is 8.81. The maximum atomic E-state index is 13.5. The molecule has 2 N–H and O–H groups in total. The third kappa shape index (κ3) is 5.32. The minimum atomic E-state index is -3.82. The van der Waals surface area contributed by atoms with Crippen LogP contribution in [0.4, 0.5) is 5.69 Å². The van der Waals surface area contributed by atoms with Gasteiger partial charge in [-0.2, -0.15) is 4.31 Å². The van der Waals surface area contributed by atoms with Crippen molar-refractivity contribution in [3.05, 3.63) is 17.7 Å². The predicted molar refractivity (Wildman–Crippen MR) is 122 cm³/mol. The molecule has 11 heteroatoms. The fraction of sp³-hybridized carbons (Fsp3) is 0.636. The molecule has 2 fully saturated rings. The van der Waals surface area contributed by atoms with Gasteiger partial charge in [0.25, 0.3) is 5.91 Å². The molecule has 3 heterocycles. The number of anilines is 1. The van der Waals surface area contributed by atoms with Crippen LogP contribution in [0, 0.1) is 12.8 Å². The summed E-state index contributed by atoms with van der Waals surface area (Å²) in [5.74, 6) is -0.423. The van der Waals surface area contributed by atoms with Crippen molar-refractivity contribution in [3.63, 3.8) is 0 Å². The van der Waals surface area contributed by atoms with Crippen LogP contribution in [0.3, 0.4) is 0 Å². The second-order valence-corrected chi connectivity index (χ2v) is 10.7. The molecule has 2 saturated heterocycles. The molecule has 1 aromatic carbocycles. The van der Waals surface area contributed by atoms with Crippen LogP contribution in [-0.4, -0.2) is 88.0 Å². The molecule has 1 aromatic rings. The number of ether oxygens (including phenoxy) is 2. The number of fused-ring (bicyclic) bond motifs is 1. The van der Waals surface area contributed by atoms with Crippen molar-refractivity contribution in [1.29, 1.82) is 0 Å². The van der Waals surface area contributed by atoms with Crippen LogP contribution in [0.25, 0.3) is 0 Å². The Hall–Kier alpha value is -2.21. The summed E-state index contributed by atoms with van der Waals surface area (Å²) < 4.78 is 39.3. The van der Waals surface area contributed by atoms with Crippen molar-refractivity contribution < 1.29 is 27.5 Å². The first-order valence-electron chi connectivity index (χ1n) is 11.5. The van der Waals surface area contributed by atoms with Crippen LogP contribution < -0.4 is 15.4 Å². The molecule has 0 aromatic heterocycles. The SMILES string of the molecule is Cc1cc2c(cc1S(=O)(=O)N1CCC[C@@H](C(=O)NCCN3CCOCC3)C1)O[C@H](C)C(=O)N2. The largest absolute Gasteiger partial charge is 0.479 e. The van der Waals surface area contributed by atoms with Crippen LogP contribution in [-0.2, 0) is 24.3 Å². The molecule has 33 heavy (non-hydrogen) atoms. The van der Waals surface area contributed by atoms with Gasteiger partial charge in [0.15, 0.2) is 6.10 Å². The number of morpholine rings is 1. The Morgan fingerprint density at radius 3 is 2.76 bits per heavy atom. The molecule has 4 rings (SSSR count). The third-order valence-electron chi connectivity index (χ3n) is 6.41. The number of benzene rings is 1. The highest BCUT2D eigenvalue weighted by Crippen LogP contribution is 2.36. The first-order valence-corrected chi connectivity index (χ1v) is 12.9. The van der Waals surface area contributed by atoms with Crippen molar-refractivity contribution in [2.24, 2.45) is 5.92 Å². The van der Waals surface area contributed by atoms with E-state index in [1.54, 1.807) is 19.9 Å². The molecule has 10 nitrogen and oxygen atoms in total. The Morgan fingerprint density at radius 1 is 1.24 bits per heavy atom. The molecular weight excluding hydrogens is 448 g/mol. The molecular formula is C22H32N4O6S. The number of aryl methyl sites for hydroxylation is 1. The number of piperidine rings is 1. The van der Waals surface area contributed by atoms with E-state index in [0.29, 0.717) is 56.1 Å². The van der Waals surface area contributed by atoms with E-state index in [4.69, 9.17) is 9.47 Å². The van der Waals surface area contributed by atoms with Crippen LogP contribution >= 0.6 is 0 Å². The van der Waals surface area contributed by atoms with Crippen LogP contribution in [0.5, 0.6) is 5.75 Å². The van der Waals surface area contributed by atoms with Gasteiger partial charge in [-0.25, -0.2) is 8.42 Å². The highest BCUT2D eigenvalue weighted by atomic mass is 32.2. The van der Waals surface area contributed by atoms with E-state index in [0.717, 1.165) is 19.6 Å². The Labute approximate surface area is 194 Å². The third-order valence-corrected chi connectivity index (χ3v) is 8.42. The first kappa shape index (κ1) is 23.9. The van der Waals surface area contributed by atoms with Crippen molar-refractivity contribution >= 4 is 27.5 Å². The molecule has 0 bridgehead atoms. The van der Waals surface area contributed by atoms with E-state index in [1.165, 1.54) is 10.4 Å². The minimum absolute atomic E-state index is 0.106. The van der Waals surface area contributed by atoms with Gasteiger partial charge < -0.3 is 20.1 Å². The number of nitrogens with one attached hydrogen (secondary N) is 2. The van der Waals surface area contributed by atoms with E-state index in [-0.39, 0.29) is 29.2 Å². The lowest BCUT2D eigenvalue weighted by atomic mass is 9.99. The number of amides is 2. The highest BCUT2D eigenvalue weighted by Gasteiger charge is 2.35. The van der Waals surface area contributed by atoms with Gasteiger partial charge in [-0.3, -0.25) is 14.5 Å².